The monoisotopic (exact) mass is 341 g/mol. The van der Waals surface area contributed by atoms with Crippen LogP contribution in [-0.4, -0.2) is 59.7 Å². The molecule has 1 aliphatic rings. The predicted molar refractivity (Wildman–Crippen MR) is 95.9 cm³/mol. The third-order valence-electron chi connectivity index (χ3n) is 4.17. The van der Waals surface area contributed by atoms with E-state index in [0.29, 0.717) is 18.1 Å². The molecule has 0 unspecified atom stereocenters. The number of anilines is 2. The molecular weight excluding hydrogens is 318 g/mol. The lowest BCUT2D eigenvalue weighted by Gasteiger charge is -2.32. The molecule has 0 spiro atoms. The van der Waals surface area contributed by atoms with Crippen LogP contribution in [0.2, 0.25) is 0 Å². The lowest BCUT2D eigenvalue weighted by molar-refractivity contribution is 0.0204. The van der Waals surface area contributed by atoms with Crippen molar-refractivity contribution in [3.8, 4) is 0 Å². The molecule has 25 heavy (non-hydrogen) atoms. The Hall–Kier alpha value is -2.51. The van der Waals surface area contributed by atoms with Gasteiger partial charge in [0.2, 0.25) is 5.95 Å². The first-order valence-electron chi connectivity index (χ1n) is 8.46. The van der Waals surface area contributed by atoms with Gasteiger partial charge in [-0.2, -0.15) is 0 Å². The molecule has 0 saturated carbocycles. The molecule has 0 radical (unpaired) electrons. The van der Waals surface area contributed by atoms with E-state index >= 15 is 0 Å². The summed E-state index contributed by atoms with van der Waals surface area (Å²) in [6.07, 6.45) is 3.33. The summed E-state index contributed by atoms with van der Waals surface area (Å²) in [5, 5.41) is 6.10. The van der Waals surface area contributed by atoms with Crippen LogP contribution in [0.5, 0.6) is 0 Å². The molecule has 0 bridgehead atoms. The highest BCUT2D eigenvalue weighted by Gasteiger charge is 2.17. The number of morpholine rings is 1. The number of benzene rings is 1. The van der Waals surface area contributed by atoms with Crippen molar-refractivity contribution in [3.63, 3.8) is 0 Å². The Balaban J connectivity index is 1.55. The Bertz CT molecular complexity index is 689. The van der Waals surface area contributed by atoms with Gasteiger partial charge < -0.3 is 15.4 Å². The molecule has 132 valence electrons. The fourth-order valence-corrected chi connectivity index (χ4v) is 2.72. The SMILES string of the molecule is C[C@@H](CNC(=O)c1cccc(Nc2ncccn2)c1)N1CCOCC1. The van der Waals surface area contributed by atoms with Crippen molar-refractivity contribution in [2.75, 3.05) is 38.2 Å². The van der Waals surface area contributed by atoms with Crippen LogP contribution < -0.4 is 10.6 Å². The molecule has 1 amide bonds. The zero-order valence-corrected chi connectivity index (χ0v) is 14.3. The number of aromatic nitrogens is 2. The van der Waals surface area contributed by atoms with Gasteiger partial charge in [-0.3, -0.25) is 9.69 Å². The molecule has 1 aromatic heterocycles. The third-order valence-corrected chi connectivity index (χ3v) is 4.17. The van der Waals surface area contributed by atoms with Crippen molar-refractivity contribution in [1.82, 2.24) is 20.2 Å². The Morgan fingerprint density at radius 3 is 2.76 bits per heavy atom. The van der Waals surface area contributed by atoms with E-state index in [4.69, 9.17) is 4.74 Å². The molecule has 0 aliphatic carbocycles. The maximum absolute atomic E-state index is 12.4. The van der Waals surface area contributed by atoms with Gasteiger partial charge in [0.05, 0.1) is 13.2 Å². The molecule has 7 nitrogen and oxygen atoms in total. The molecular formula is C18H23N5O2. The van der Waals surface area contributed by atoms with Gasteiger partial charge in [-0.15, -0.1) is 0 Å². The van der Waals surface area contributed by atoms with Crippen LogP contribution in [0.25, 0.3) is 0 Å². The number of hydrogen-bond acceptors (Lipinski definition) is 6. The van der Waals surface area contributed by atoms with Gasteiger partial charge in [0, 0.05) is 49.3 Å². The second-order valence-electron chi connectivity index (χ2n) is 5.99. The van der Waals surface area contributed by atoms with Crippen LogP contribution in [0.4, 0.5) is 11.6 Å². The van der Waals surface area contributed by atoms with Crippen LogP contribution >= 0.6 is 0 Å². The van der Waals surface area contributed by atoms with Crippen molar-refractivity contribution < 1.29 is 9.53 Å². The molecule has 2 heterocycles. The summed E-state index contributed by atoms with van der Waals surface area (Å²) in [5.41, 5.74) is 1.38. The van der Waals surface area contributed by atoms with E-state index in [1.165, 1.54) is 0 Å². The highest BCUT2D eigenvalue weighted by molar-refractivity contribution is 5.95. The number of hydrogen-bond donors (Lipinski definition) is 2. The highest BCUT2D eigenvalue weighted by Crippen LogP contribution is 2.14. The second kappa shape index (κ2) is 8.55. The minimum atomic E-state index is -0.0854. The number of amides is 1. The predicted octanol–water partition coefficient (Wildman–Crippen LogP) is 1.67. The first kappa shape index (κ1) is 17.3. The third kappa shape index (κ3) is 4.98. The van der Waals surface area contributed by atoms with E-state index in [2.05, 4.69) is 32.4 Å². The summed E-state index contributed by atoms with van der Waals surface area (Å²) in [5.74, 6) is 0.415. The van der Waals surface area contributed by atoms with Crippen molar-refractivity contribution in [2.45, 2.75) is 13.0 Å². The van der Waals surface area contributed by atoms with Gasteiger partial charge in [-0.1, -0.05) is 6.07 Å². The quantitative estimate of drug-likeness (QED) is 0.832. The minimum Gasteiger partial charge on any atom is -0.379 e. The topological polar surface area (TPSA) is 79.4 Å². The molecule has 2 N–H and O–H groups in total. The van der Waals surface area contributed by atoms with E-state index in [9.17, 15) is 4.79 Å². The molecule has 3 rings (SSSR count). The fourth-order valence-electron chi connectivity index (χ4n) is 2.72. The van der Waals surface area contributed by atoms with Crippen LogP contribution in [0.1, 0.15) is 17.3 Å². The molecule has 1 atom stereocenters. The van der Waals surface area contributed by atoms with Crippen molar-refractivity contribution in [3.05, 3.63) is 48.3 Å². The standard InChI is InChI=1S/C18H23N5O2/c1-14(23-8-10-25-11-9-23)13-21-17(24)15-4-2-5-16(12-15)22-18-19-6-3-7-20-18/h2-7,12,14H,8-11,13H2,1H3,(H,21,24)(H,19,20,22)/t14-/m0/s1. The summed E-state index contributed by atoms with van der Waals surface area (Å²) in [7, 11) is 0. The molecule has 1 aromatic carbocycles. The lowest BCUT2D eigenvalue weighted by Crippen LogP contribution is -2.47. The maximum Gasteiger partial charge on any atom is 0.251 e. The van der Waals surface area contributed by atoms with Crippen LogP contribution in [0.15, 0.2) is 42.7 Å². The molecule has 1 aliphatic heterocycles. The summed E-state index contributed by atoms with van der Waals surface area (Å²) in [6, 6.07) is 9.35. The number of nitrogens with zero attached hydrogens (tertiary/aromatic N) is 3. The Morgan fingerprint density at radius 2 is 2.00 bits per heavy atom. The van der Waals surface area contributed by atoms with Crippen molar-refractivity contribution >= 4 is 17.5 Å². The van der Waals surface area contributed by atoms with E-state index in [1.54, 1.807) is 30.6 Å². The Labute approximate surface area is 147 Å². The lowest BCUT2D eigenvalue weighted by atomic mass is 10.1. The van der Waals surface area contributed by atoms with Crippen molar-refractivity contribution in [2.24, 2.45) is 0 Å². The number of ether oxygens (including phenoxy) is 1. The van der Waals surface area contributed by atoms with E-state index < -0.39 is 0 Å². The van der Waals surface area contributed by atoms with Gasteiger partial charge >= 0.3 is 0 Å². The highest BCUT2D eigenvalue weighted by atomic mass is 16.5. The van der Waals surface area contributed by atoms with Crippen LogP contribution in [0, 0.1) is 0 Å². The number of rotatable bonds is 6. The smallest absolute Gasteiger partial charge is 0.251 e. The van der Waals surface area contributed by atoms with Crippen molar-refractivity contribution in [1.29, 1.82) is 0 Å². The zero-order chi connectivity index (χ0) is 17.5. The molecule has 2 aromatic rings. The first-order chi connectivity index (χ1) is 12.2. The number of carbonyl (C=O) groups excluding carboxylic acids is 1. The van der Waals surface area contributed by atoms with Gasteiger partial charge in [0.1, 0.15) is 0 Å². The zero-order valence-electron chi connectivity index (χ0n) is 14.3. The normalized spacial score (nSPS) is 16.2. The van der Waals surface area contributed by atoms with Gasteiger partial charge in [0.15, 0.2) is 0 Å². The Morgan fingerprint density at radius 1 is 1.24 bits per heavy atom. The molecule has 1 saturated heterocycles. The van der Waals surface area contributed by atoms with Crippen LogP contribution in [0.3, 0.4) is 0 Å². The molecule has 1 fully saturated rings. The van der Waals surface area contributed by atoms with Gasteiger partial charge in [-0.25, -0.2) is 9.97 Å². The fraction of sp³-hybridized carbons (Fsp3) is 0.389. The summed E-state index contributed by atoms with van der Waals surface area (Å²) in [4.78, 5) is 23.0. The average molecular weight is 341 g/mol. The number of carbonyl (C=O) groups is 1. The van der Waals surface area contributed by atoms with Crippen LogP contribution in [-0.2, 0) is 4.74 Å². The summed E-state index contributed by atoms with van der Waals surface area (Å²) < 4.78 is 5.36. The van der Waals surface area contributed by atoms with E-state index in [1.807, 2.05) is 12.1 Å². The maximum atomic E-state index is 12.4. The number of nitrogens with one attached hydrogen (secondary N) is 2. The van der Waals surface area contributed by atoms with E-state index in [-0.39, 0.29) is 11.9 Å². The largest absolute Gasteiger partial charge is 0.379 e. The average Bonchev–Trinajstić information content (AvgIpc) is 2.67. The second-order valence-corrected chi connectivity index (χ2v) is 5.99. The summed E-state index contributed by atoms with van der Waals surface area (Å²) in [6.45, 7) is 6.07. The Kier molecular flexibility index (Phi) is 5.92. The first-order valence-corrected chi connectivity index (χ1v) is 8.46. The minimum absolute atomic E-state index is 0.0854. The summed E-state index contributed by atoms with van der Waals surface area (Å²) >= 11 is 0. The van der Waals surface area contributed by atoms with E-state index in [0.717, 1.165) is 32.0 Å². The van der Waals surface area contributed by atoms with Gasteiger partial charge in [-0.05, 0) is 31.2 Å². The molecule has 7 heteroatoms. The van der Waals surface area contributed by atoms with Gasteiger partial charge in [0.25, 0.3) is 5.91 Å².